The molecule has 0 bridgehead atoms. The third kappa shape index (κ3) is 6.57. The lowest BCUT2D eigenvalue weighted by Gasteiger charge is -2.19. The third-order valence-electron chi connectivity index (χ3n) is 3.46. The number of nitrogens with one attached hydrogen (secondary N) is 1. The lowest BCUT2D eigenvalue weighted by atomic mass is 10.0. The molecule has 24 heavy (non-hydrogen) atoms. The minimum Gasteiger partial charge on any atom is -0.480 e. The van der Waals surface area contributed by atoms with Crippen molar-refractivity contribution >= 4 is 30.5 Å². The second-order valence-electron chi connectivity index (χ2n) is 5.32. The Bertz CT molecular complexity index is 569. The van der Waals surface area contributed by atoms with Gasteiger partial charge in [-0.05, 0) is 5.56 Å². The van der Waals surface area contributed by atoms with E-state index in [9.17, 15) is 19.5 Å². The Kier molecular flexibility index (Phi) is 8.24. The van der Waals surface area contributed by atoms with E-state index < -0.39 is 35.2 Å². The Morgan fingerprint density at radius 1 is 1.29 bits per heavy atom. The summed E-state index contributed by atoms with van der Waals surface area (Å²) in [6.07, 6.45) is 0.402. The van der Waals surface area contributed by atoms with Gasteiger partial charge < -0.3 is 21.0 Å². The van der Waals surface area contributed by atoms with Gasteiger partial charge in [0.1, 0.15) is 17.3 Å². The largest absolute Gasteiger partial charge is 0.480 e. The molecule has 7 N–H and O–H groups in total. The number of carbonyl (C=O) groups excluding carboxylic acids is 2. The van der Waals surface area contributed by atoms with Crippen LogP contribution < -0.4 is 16.9 Å². The molecule has 0 aliphatic carbocycles. The highest BCUT2D eigenvalue weighted by Crippen LogP contribution is 2.08. The Hall–Kier alpha value is -2.10. The van der Waals surface area contributed by atoms with Crippen molar-refractivity contribution in [1.82, 2.24) is 5.32 Å². The highest BCUT2D eigenvalue weighted by molar-refractivity contribution is 7.81. The third-order valence-corrected chi connectivity index (χ3v) is 4.12. The van der Waals surface area contributed by atoms with E-state index in [1.54, 1.807) is 24.3 Å². The van der Waals surface area contributed by atoms with E-state index in [2.05, 4.69) is 28.5 Å². The molecule has 0 fully saturated rings. The molecule has 132 valence electrons. The van der Waals surface area contributed by atoms with Gasteiger partial charge in [0.15, 0.2) is 0 Å². The van der Waals surface area contributed by atoms with E-state index in [1.165, 1.54) is 0 Å². The number of nitrogens with two attached hydrogens (primary N) is 1. The van der Waals surface area contributed by atoms with Gasteiger partial charge in [0.05, 0.1) is 6.42 Å². The van der Waals surface area contributed by atoms with Crippen LogP contribution in [0.15, 0.2) is 30.3 Å². The van der Waals surface area contributed by atoms with Gasteiger partial charge in [0, 0.05) is 12.8 Å². The van der Waals surface area contributed by atoms with E-state index in [1.807, 2.05) is 6.07 Å². The van der Waals surface area contributed by atoms with Crippen LogP contribution in [0.3, 0.4) is 0 Å². The van der Waals surface area contributed by atoms with Crippen molar-refractivity contribution in [3.05, 3.63) is 35.9 Å². The molecule has 1 aromatic rings. The van der Waals surface area contributed by atoms with Gasteiger partial charge in [-0.2, -0.15) is 18.5 Å². The number of quaternary nitrogens is 1. The second-order valence-corrected chi connectivity index (χ2v) is 5.88. The van der Waals surface area contributed by atoms with Crippen molar-refractivity contribution in [3.8, 4) is 0 Å². The quantitative estimate of drug-likeness (QED) is 0.280. The average Bonchev–Trinajstić information content (AvgIpc) is 2.58. The summed E-state index contributed by atoms with van der Waals surface area (Å²) in [4.78, 5) is 38.6. The standard InChI is InChI=1S/C15H21N3O5S/c16-10(6-7-12(19)23-17)13(24)14(20)18-11(15(21)22)8-9-4-2-1-3-5-9/h1-5,10-11,13,24H,6-8,16-17H2,(H,18,20)(H,21,22)/p+1/t10-,11+,13?/m0/s1. The maximum absolute atomic E-state index is 12.2. The first-order valence-corrected chi connectivity index (χ1v) is 7.84. The molecule has 0 aliphatic heterocycles. The Labute approximate surface area is 144 Å². The van der Waals surface area contributed by atoms with Crippen LogP contribution in [0.2, 0.25) is 0 Å². The highest BCUT2D eigenvalue weighted by atomic mass is 32.1. The predicted octanol–water partition coefficient (Wildman–Crippen LogP) is -1.10. The minimum atomic E-state index is -1.14. The number of rotatable bonds is 9. The average molecular weight is 356 g/mol. The van der Waals surface area contributed by atoms with Crippen LogP contribution in [0, 0.1) is 0 Å². The van der Waals surface area contributed by atoms with Crippen LogP contribution in [0.25, 0.3) is 0 Å². The number of hydrogen-bond acceptors (Lipinski definition) is 6. The van der Waals surface area contributed by atoms with Crippen LogP contribution >= 0.6 is 12.6 Å². The number of carbonyl (C=O) groups is 3. The summed E-state index contributed by atoms with van der Waals surface area (Å²) < 4.78 is 0. The predicted molar refractivity (Wildman–Crippen MR) is 88.7 cm³/mol. The first-order valence-electron chi connectivity index (χ1n) is 7.33. The summed E-state index contributed by atoms with van der Waals surface area (Å²) in [5, 5.41) is 10.9. The van der Waals surface area contributed by atoms with Crippen molar-refractivity contribution in [2.24, 2.45) is 5.90 Å². The SMILES string of the molecule is NOC(=O)CC[C@H]([NH3+])C(S)C(=O)N[C@H](Cc1ccccc1)C(=O)O. The van der Waals surface area contributed by atoms with Crippen molar-refractivity contribution in [3.63, 3.8) is 0 Å². The number of carboxylic acid groups (broad SMARTS) is 1. The smallest absolute Gasteiger partial charge is 0.326 e. The number of thiol groups is 1. The zero-order valence-electron chi connectivity index (χ0n) is 13.1. The van der Waals surface area contributed by atoms with Gasteiger partial charge in [0.25, 0.3) is 0 Å². The number of amides is 1. The molecule has 0 aromatic heterocycles. The van der Waals surface area contributed by atoms with E-state index in [0.717, 1.165) is 5.56 Å². The molecule has 0 saturated carbocycles. The van der Waals surface area contributed by atoms with Crippen molar-refractivity contribution < 1.29 is 30.1 Å². The zero-order valence-corrected chi connectivity index (χ0v) is 13.9. The summed E-state index contributed by atoms with van der Waals surface area (Å²) in [5.41, 5.74) is 4.56. The molecular weight excluding hydrogens is 334 g/mol. The number of benzene rings is 1. The fourth-order valence-corrected chi connectivity index (χ4v) is 2.26. The van der Waals surface area contributed by atoms with Gasteiger partial charge in [-0.3, -0.25) is 9.59 Å². The van der Waals surface area contributed by atoms with Gasteiger partial charge in [-0.25, -0.2) is 4.79 Å². The number of aliphatic carboxylic acids is 1. The molecule has 1 unspecified atom stereocenters. The Balaban J connectivity index is 2.60. The fraction of sp³-hybridized carbons (Fsp3) is 0.400. The Morgan fingerprint density at radius 3 is 2.46 bits per heavy atom. The fourth-order valence-electron chi connectivity index (χ4n) is 2.04. The van der Waals surface area contributed by atoms with Gasteiger partial charge in [-0.1, -0.05) is 30.3 Å². The molecular formula is C15H22N3O5S+. The molecule has 1 amide bonds. The molecule has 1 aromatic carbocycles. The first kappa shape index (κ1) is 19.9. The molecule has 3 atom stereocenters. The van der Waals surface area contributed by atoms with Gasteiger partial charge in [0.2, 0.25) is 5.91 Å². The minimum absolute atomic E-state index is 0.00137. The van der Waals surface area contributed by atoms with E-state index >= 15 is 0 Å². The second kappa shape index (κ2) is 9.91. The molecule has 9 heteroatoms. The molecule has 0 saturated heterocycles. The van der Waals surface area contributed by atoms with Crippen LogP contribution in [0.4, 0.5) is 0 Å². The summed E-state index contributed by atoms with van der Waals surface area (Å²) in [6.45, 7) is 0. The molecule has 0 radical (unpaired) electrons. The van der Waals surface area contributed by atoms with E-state index in [4.69, 9.17) is 5.90 Å². The van der Waals surface area contributed by atoms with Crippen LogP contribution in [0.1, 0.15) is 18.4 Å². The summed E-state index contributed by atoms with van der Waals surface area (Å²) >= 11 is 4.17. The topological polar surface area (TPSA) is 146 Å². The van der Waals surface area contributed by atoms with Gasteiger partial charge in [-0.15, -0.1) is 0 Å². The lowest BCUT2D eigenvalue weighted by Crippen LogP contribution is -2.68. The number of hydrogen-bond donors (Lipinski definition) is 5. The normalized spacial score (nSPS) is 14.3. The van der Waals surface area contributed by atoms with E-state index in [-0.39, 0.29) is 19.3 Å². The summed E-state index contributed by atoms with van der Waals surface area (Å²) in [7, 11) is 0. The van der Waals surface area contributed by atoms with Crippen molar-refractivity contribution in [2.75, 3.05) is 0 Å². The maximum atomic E-state index is 12.2. The lowest BCUT2D eigenvalue weighted by molar-refractivity contribution is -0.417. The molecule has 1 rings (SSSR count). The summed E-state index contributed by atoms with van der Waals surface area (Å²) in [5.74, 6) is 2.43. The monoisotopic (exact) mass is 356 g/mol. The zero-order chi connectivity index (χ0) is 18.1. The van der Waals surface area contributed by atoms with Gasteiger partial charge >= 0.3 is 11.9 Å². The molecule has 0 heterocycles. The molecule has 0 aliphatic rings. The number of carboxylic acids is 1. The van der Waals surface area contributed by atoms with Crippen LogP contribution in [-0.2, 0) is 25.6 Å². The van der Waals surface area contributed by atoms with Crippen LogP contribution in [0.5, 0.6) is 0 Å². The van der Waals surface area contributed by atoms with Crippen molar-refractivity contribution in [2.45, 2.75) is 36.6 Å². The summed E-state index contributed by atoms with van der Waals surface area (Å²) in [6, 6.07) is 7.39. The maximum Gasteiger partial charge on any atom is 0.326 e. The molecule has 8 nitrogen and oxygen atoms in total. The first-order chi connectivity index (χ1) is 11.3. The van der Waals surface area contributed by atoms with Crippen molar-refractivity contribution in [1.29, 1.82) is 0 Å². The van der Waals surface area contributed by atoms with E-state index in [0.29, 0.717) is 0 Å². The Morgan fingerprint density at radius 2 is 1.92 bits per heavy atom. The highest BCUT2D eigenvalue weighted by Gasteiger charge is 2.29. The molecule has 0 spiro atoms. The van der Waals surface area contributed by atoms with Crippen LogP contribution in [-0.4, -0.2) is 40.3 Å².